The molecular weight excluding hydrogens is 256 g/mol. The van der Waals surface area contributed by atoms with Crippen LogP contribution in [0.3, 0.4) is 0 Å². The molecule has 1 fully saturated rings. The lowest BCUT2D eigenvalue weighted by atomic mass is 10.1. The predicted molar refractivity (Wildman–Crippen MR) is 78.1 cm³/mol. The predicted octanol–water partition coefficient (Wildman–Crippen LogP) is 4.07. The number of likely N-dealkylation sites (tertiary alicyclic amines) is 1. The van der Waals surface area contributed by atoms with Gasteiger partial charge in [0.1, 0.15) is 5.15 Å². The lowest BCUT2D eigenvalue weighted by molar-refractivity contribution is 0.248. The first kappa shape index (κ1) is 12.6. The molecule has 1 aliphatic heterocycles. The Labute approximate surface area is 119 Å². The maximum Gasteiger partial charge on any atom is 0.129 e. The average Bonchev–Trinajstić information content (AvgIpc) is 2.89. The molecule has 2 aromatic rings. The lowest BCUT2D eigenvalue weighted by Crippen LogP contribution is -2.22. The molecular formula is C16H17ClN2. The van der Waals surface area contributed by atoms with Crippen molar-refractivity contribution < 1.29 is 0 Å². The molecule has 0 N–H and O–H groups in total. The molecule has 1 atom stereocenters. The second kappa shape index (κ2) is 5.72. The van der Waals surface area contributed by atoms with Crippen molar-refractivity contribution in [2.75, 3.05) is 6.54 Å². The number of aromatic nitrogens is 1. The first-order valence-electron chi connectivity index (χ1n) is 6.72. The summed E-state index contributed by atoms with van der Waals surface area (Å²) in [6, 6.07) is 15.1. The van der Waals surface area contributed by atoms with Crippen molar-refractivity contribution in [2.24, 2.45) is 0 Å². The van der Waals surface area contributed by atoms with E-state index < -0.39 is 0 Å². The molecule has 98 valence electrons. The van der Waals surface area contributed by atoms with Crippen molar-refractivity contribution in [1.29, 1.82) is 0 Å². The Morgan fingerprint density at radius 1 is 1.16 bits per heavy atom. The molecule has 1 aromatic heterocycles. The molecule has 1 aliphatic rings. The monoisotopic (exact) mass is 272 g/mol. The van der Waals surface area contributed by atoms with Gasteiger partial charge in [0, 0.05) is 18.8 Å². The van der Waals surface area contributed by atoms with Crippen LogP contribution in [0.15, 0.2) is 48.7 Å². The van der Waals surface area contributed by atoms with Crippen molar-refractivity contribution in [1.82, 2.24) is 9.88 Å². The van der Waals surface area contributed by atoms with Gasteiger partial charge in [-0.1, -0.05) is 48.0 Å². The smallest absolute Gasteiger partial charge is 0.129 e. The SMILES string of the molecule is Clc1ccc(C2CCCN2Cc2ccccc2)cn1. The number of nitrogens with zero attached hydrogens (tertiary/aromatic N) is 2. The molecule has 3 heteroatoms. The van der Waals surface area contributed by atoms with Crippen molar-refractivity contribution in [3.8, 4) is 0 Å². The van der Waals surface area contributed by atoms with Crippen LogP contribution in [0.1, 0.15) is 30.0 Å². The number of rotatable bonds is 3. The summed E-state index contributed by atoms with van der Waals surface area (Å²) in [4.78, 5) is 6.73. The van der Waals surface area contributed by atoms with E-state index >= 15 is 0 Å². The van der Waals surface area contributed by atoms with Crippen LogP contribution >= 0.6 is 11.6 Å². The number of hydrogen-bond donors (Lipinski definition) is 0. The van der Waals surface area contributed by atoms with Crippen LogP contribution in [-0.4, -0.2) is 16.4 Å². The highest BCUT2D eigenvalue weighted by Crippen LogP contribution is 2.32. The van der Waals surface area contributed by atoms with E-state index in [4.69, 9.17) is 11.6 Å². The second-order valence-electron chi connectivity index (χ2n) is 5.03. The largest absolute Gasteiger partial charge is 0.292 e. The van der Waals surface area contributed by atoms with E-state index in [0.29, 0.717) is 11.2 Å². The van der Waals surface area contributed by atoms with Gasteiger partial charge >= 0.3 is 0 Å². The van der Waals surface area contributed by atoms with E-state index in [9.17, 15) is 0 Å². The molecule has 19 heavy (non-hydrogen) atoms. The Morgan fingerprint density at radius 2 is 2.00 bits per heavy atom. The number of hydrogen-bond acceptors (Lipinski definition) is 2. The second-order valence-corrected chi connectivity index (χ2v) is 5.42. The third kappa shape index (κ3) is 2.96. The fourth-order valence-electron chi connectivity index (χ4n) is 2.80. The van der Waals surface area contributed by atoms with Crippen LogP contribution in [0.4, 0.5) is 0 Å². The summed E-state index contributed by atoms with van der Waals surface area (Å²) >= 11 is 5.86. The molecule has 1 unspecified atom stereocenters. The van der Waals surface area contributed by atoms with Crippen LogP contribution < -0.4 is 0 Å². The zero-order chi connectivity index (χ0) is 13.1. The summed E-state index contributed by atoms with van der Waals surface area (Å²) in [6.45, 7) is 2.16. The normalized spacial score (nSPS) is 19.7. The standard InChI is InChI=1S/C16H17ClN2/c17-16-9-8-14(11-18-16)15-7-4-10-19(15)12-13-5-2-1-3-6-13/h1-3,5-6,8-9,11,15H,4,7,10,12H2. The quantitative estimate of drug-likeness (QED) is 0.783. The minimum atomic E-state index is 0.477. The molecule has 0 bridgehead atoms. The van der Waals surface area contributed by atoms with Crippen molar-refractivity contribution >= 4 is 11.6 Å². The van der Waals surface area contributed by atoms with Crippen LogP contribution in [-0.2, 0) is 6.54 Å². The van der Waals surface area contributed by atoms with Gasteiger partial charge in [0.15, 0.2) is 0 Å². The molecule has 2 nitrogen and oxygen atoms in total. The van der Waals surface area contributed by atoms with E-state index in [2.05, 4.69) is 46.3 Å². The van der Waals surface area contributed by atoms with Gasteiger partial charge in [-0.3, -0.25) is 4.90 Å². The van der Waals surface area contributed by atoms with Gasteiger partial charge in [-0.25, -0.2) is 4.98 Å². The van der Waals surface area contributed by atoms with E-state index in [1.165, 1.54) is 24.0 Å². The first-order valence-corrected chi connectivity index (χ1v) is 7.10. The summed E-state index contributed by atoms with van der Waals surface area (Å²) in [7, 11) is 0. The van der Waals surface area contributed by atoms with Gasteiger partial charge < -0.3 is 0 Å². The Kier molecular flexibility index (Phi) is 3.81. The number of pyridine rings is 1. The zero-order valence-electron chi connectivity index (χ0n) is 10.8. The fourth-order valence-corrected chi connectivity index (χ4v) is 2.91. The maximum atomic E-state index is 5.86. The first-order chi connectivity index (χ1) is 9.33. The molecule has 3 rings (SSSR count). The highest BCUT2D eigenvalue weighted by Gasteiger charge is 2.25. The molecule has 2 heterocycles. The minimum Gasteiger partial charge on any atom is -0.292 e. The van der Waals surface area contributed by atoms with E-state index in [0.717, 1.165) is 13.1 Å². The molecule has 1 saturated heterocycles. The Balaban J connectivity index is 1.76. The van der Waals surface area contributed by atoms with Crippen LogP contribution in [0.25, 0.3) is 0 Å². The summed E-state index contributed by atoms with van der Waals surface area (Å²) in [6.07, 6.45) is 4.37. The Bertz CT molecular complexity index is 524. The molecule has 1 aromatic carbocycles. The van der Waals surface area contributed by atoms with Crippen molar-refractivity contribution in [2.45, 2.75) is 25.4 Å². The van der Waals surface area contributed by atoms with Gasteiger partial charge in [-0.2, -0.15) is 0 Å². The molecule has 0 aliphatic carbocycles. The van der Waals surface area contributed by atoms with Crippen molar-refractivity contribution in [3.63, 3.8) is 0 Å². The third-order valence-electron chi connectivity index (χ3n) is 3.73. The number of halogens is 1. The van der Waals surface area contributed by atoms with E-state index in [1.54, 1.807) is 0 Å². The van der Waals surface area contributed by atoms with Crippen LogP contribution in [0, 0.1) is 0 Å². The van der Waals surface area contributed by atoms with Gasteiger partial charge in [0.05, 0.1) is 0 Å². The van der Waals surface area contributed by atoms with E-state index in [-0.39, 0.29) is 0 Å². The van der Waals surface area contributed by atoms with Gasteiger partial charge in [0.2, 0.25) is 0 Å². The highest BCUT2D eigenvalue weighted by atomic mass is 35.5. The lowest BCUT2D eigenvalue weighted by Gasteiger charge is -2.24. The minimum absolute atomic E-state index is 0.477. The average molecular weight is 273 g/mol. The summed E-state index contributed by atoms with van der Waals surface area (Å²) in [5, 5.41) is 0.566. The van der Waals surface area contributed by atoms with E-state index in [1.807, 2.05) is 12.3 Å². The summed E-state index contributed by atoms with van der Waals surface area (Å²) in [5.41, 5.74) is 2.65. The topological polar surface area (TPSA) is 16.1 Å². The molecule has 0 spiro atoms. The Morgan fingerprint density at radius 3 is 2.74 bits per heavy atom. The van der Waals surface area contributed by atoms with Gasteiger partial charge in [-0.05, 0) is 36.6 Å². The summed E-state index contributed by atoms with van der Waals surface area (Å²) in [5.74, 6) is 0. The zero-order valence-corrected chi connectivity index (χ0v) is 11.6. The van der Waals surface area contributed by atoms with Gasteiger partial charge in [0.25, 0.3) is 0 Å². The maximum absolute atomic E-state index is 5.86. The van der Waals surface area contributed by atoms with Crippen molar-refractivity contribution in [3.05, 3.63) is 64.9 Å². The molecule has 0 saturated carbocycles. The fraction of sp³-hybridized carbons (Fsp3) is 0.312. The van der Waals surface area contributed by atoms with Crippen LogP contribution in [0.2, 0.25) is 5.15 Å². The van der Waals surface area contributed by atoms with Gasteiger partial charge in [-0.15, -0.1) is 0 Å². The molecule has 0 amide bonds. The third-order valence-corrected chi connectivity index (χ3v) is 3.95. The number of benzene rings is 1. The van der Waals surface area contributed by atoms with Crippen LogP contribution in [0.5, 0.6) is 0 Å². The summed E-state index contributed by atoms with van der Waals surface area (Å²) < 4.78 is 0. The molecule has 0 radical (unpaired) electrons. The highest BCUT2D eigenvalue weighted by molar-refractivity contribution is 6.29. The Hall–Kier alpha value is -1.38.